The SMILES string of the molecule is BrC1=C=CC2=C(C/C=C\1)NC1=C(C/C=C(Br)\C=C/C1)C2. The van der Waals surface area contributed by atoms with E-state index in [4.69, 9.17) is 0 Å². The second-order valence-corrected chi connectivity index (χ2v) is 6.80. The van der Waals surface area contributed by atoms with Gasteiger partial charge in [0.1, 0.15) is 0 Å². The Balaban J connectivity index is 1.92. The Hall–Kier alpha value is -1.02. The van der Waals surface area contributed by atoms with Crippen LogP contribution in [0.5, 0.6) is 0 Å². The summed E-state index contributed by atoms with van der Waals surface area (Å²) in [6.07, 6.45) is 16.8. The summed E-state index contributed by atoms with van der Waals surface area (Å²) in [7, 11) is 0. The van der Waals surface area contributed by atoms with Crippen molar-refractivity contribution in [1.82, 2.24) is 5.32 Å². The second-order valence-electron chi connectivity index (χ2n) is 5.03. The summed E-state index contributed by atoms with van der Waals surface area (Å²) < 4.78 is 2.18. The minimum absolute atomic E-state index is 0.947. The average Bonchev–Trinajstić information content (AvgIpc) is 2.40. The van der Waals surface area contributed by atoms with Crippen molar-refractivity contribution in [2.45, 2.75) is 25.7 Å². The zero-order valence-corrected chi connectivity index (χ0v) is 14.2. The Morgan fingerprint density at radius 2 is 1.80 bits per heavy atom. The van der Waals surface area contributed by atoms with Crippen LogP contribution in [0.25, 0.3) is 0 Å². The van der Waals surface area contributed by atoms with Crippen LogP contribution in [0.3, 0.4) is 0 Å². The third-order valence-corrected chi connectivity index (χ3v) is 4.71. The van der Waals surface area contributed by atoms with Crippen molar-refractivity contribution >= 4 is 31.9 Å². The fourth-order valence-corrected chi connectivity index (χ4v) is 3.22. The van der Waals surface area contributed by atoms with Crippen LogP contribution < -0.4 is 5.32 Å². The maximum absolute atomic E-state index is 3.64. The van der Waals surface area contributed by atoms with Gasteiger partial charge in [0.2, 0.25) is 0 Å². The lowest BCUT2D eigenvalue weighted by atomic mass is 9.91. The average molecular weight is 393 g/mol. The molecule has 0 bridgehead atoms. The Morgan fingerprint density at radius 3 is 2.70 bits per heavy atom. The Kier molecular flexibility index (Phi) is 4.30. The van der Waals surface area contributed by atoms with E-state index < -0.39 is 0 Å². The van der Waals surface area contributed by atoms with Gasteiger partial charge in [-0.15, -0.1) is 5.73 Å². The van der Waals surface area contributed by atoms with Crippen molar-refractivity contribution in [2.24, 2.45) is 0 Å². The summed E-state index contributed by atoms with van der Waals surface area (Å²) in [6, 6.07) is 0. The van der Waals surface area contributed by atoms with E-state index in [9.17, 15) is 0 Å². The van der Waals surface area contributed by atoms with Crippen molar-refractivity contribution in [3.63, 3.8) is 0 Å². The summed E-state index contributed by atoms with van der Waals surface area (Å²) in [5.74, 6) is 0. The predicted molar refractivity (Wildman–Crippen MR) is 91.5 cm³/mol. The van der Waals surface area contributed by atoms with Crippen LogP contribution >= 0.6 is 31.9 Å². The zero-order valence-electron chi connectivity index (χ0n) is 11.0. The van der Waals surface area contributed by atoms with Gasteiger partial charge < -0.3 is 5.32 Å². The van der Waals surface area contributed by atoms with Gasteiger partial charge in [0.25, 0.3) is 0 Å². The third-order valence-electron chi connectivity index (χ3n) is 3.63. The molecule has 20 heavy (non-hydrogen) atoms. The number of hydrogen-bond donors (Lipinski definition) is 1. The summed E-state index contributed by atoms with van der Waals surface area (Å²) in [4.78, 5) is 0. The van der Waals surface area contributed by atoms with Crippen molar-refractivity contribution in [2.75, 3.05) is 0 Å². The minimum Gasteiger partial charge on any atom is -0.362 e. The topological polar surface area (TPSA) is 12.0 Å². The monoisotopic (exact) mass is 391 g/mol. The summed E-state index contributed by atoms with van der Waals surface area (Å²) >= 11 is 7.07. The number of allylic oxidation sites excluding steroid dienone is 9. The predicted octanol–water partition coefficient (Wildman–Crippen LogP) is 5.51. The van der Waals surface area contributed by atoms with Crippen molar-refractivity contribution in [3.05, 3.63) is 73.7 Å². The Morgan fingerprint density at radius 1 is 1.00 bits per heavy atom. The van der Waals surface area contributed by atoms with E-state index in [-0.39, 0.29) is 0 Å². The maximum Gasteiger partial charge on any atom is 0.0590 e. The van der Waals surface area contributed by atoms with Crippen LogP contribution in [0.1, 0.15) is 25.7 Å². The standard InChI is InChI=1S/C17H15Br2N/c18-14-3-1-5-16-12(7-9-14)11-13-8-10-15(19)4-2-6-17(13)20-16/h1-4,7,10,20H,5-6,8,11H2/b3-1-,4-2-,15-10+. The first-order valence-corrected chi connectivity index (χ1v) is 8.32. The fraction of sp³-hybridized carbons (Fsp3) is 0.235. The van der Waals surface area contributed by atoms with Gasteiger partial charge in [-0.1, -0.05) is 40.2 Å². The lowest BCUT2D eigenvalue weighted by Crippen LogP contribution is -2.21. The lowest BCUT2D eigenvalue weighted by molar-refractivity contribution is 0.788. The molecule has 1 N–H and O–H groups in total. The van der Waals surface area contributed by atoms with Crippen LogP contribution in [0.2, 0.25) is 0 Å². The normalized spacial score (nSPS) is 27.7. The van der Waals surface area contributed by atoms with Gasteiger partial charge >= 0.3 is 0 Å². The van der Waals surface area contributed by atoms with Crippen LogP contribution in [0, 0.1) is 0 Å². The molecule has 0 saturated heterocycles. The molecule has 3 heteroatoms. The quantitative estimate of drug-likeness (QED) is 0.536. The molecule has 0 saturated carbocycles. The molecule has 1 aliphatic heterocycles. The lowest BCUT2D eigenvalue weighted by Gasteiger charge is -2.26. The number of hydrogen-bond acceptors (Lipinski definition) is 1. The molecule has 0 aromatic carbocycles. The number of nitrogens with one attached hydrogen (secondary N) is 1. The molecular weight excluding hydrogens is 378 g/mol. The Labute approximate surface area is 136 Å². The van der Waals surface area contributed by atoms with E-state index in [0.29, 0.717) is 0 Å². The molecule has 3 aliphatic rings. The number of halogens is 2. The smallest absolute Gasteiger partial charge is 0.0590 e. The second kappa shape index (κ2) is 6.17. The number of dihydropyridines is 1. The van der Waals surface area contributed by atoms with Crippen LogP contribution in [-0.4, -0.2) is 0 Å². The summed E-state index contributed by atoms with van der Waals surface area (Å²) in [6.45, 7) is 0. The third kappa shape index (κ3) is 3.17. The molecule has 3 rings (SSSR count). The first-order valence-electron chi connectivity index (χ1n) is 6.73. The first kappa shape index (κ1) is 13.9. The molecule has 0 amide bonds. The van der Waals surface area contributed by atoms with E-state index >= 15 is 0 Å². The molecule has 0 aromatic heterocycles. The van der Waals surface area contributed by atoms with Crippen molar-refractivity contribution in [1.29, 1.82) is 0 Å². The van der Waals surface area contributed by atoms with E-state index in [1.807, 2.05) is 0 Å². The van der Waals surface area contributed by atoms with E-state index in [1.54, 1.807) is 0 Å². The van der Waals surface area contributed by atoms with Gasteiger partial charge in [-0.2, -0.15) is 0 Å². The van der Waals surface area contributed by atoms with Crippen LogP contribution in [0.4, 0.5) is 0 Å². The van der Waals surface area contributed by atoms with Gasteiger partial charge in [0, 0.05) is 28.7 Å². The van der Waals surface area contributed by atoms with Crippen molar-refractivity contribution in [3.8, 4) is 0 Å². The highest BCUT2D eigenvalue weighted by Gasteiger charge is 2.18. The van der Waals surface area contributed by atoms with Crippen molar-refractivity contribution < 1.29 is 0 Å². The molecule has 102 valence electrons. The van der Waals surface area contributed by atoms with Gasteiger partial charge in [-0.25, -0.2) is 0 Å². The van der Waals surface area contributed by atoms with Gasteiger partial charge in [0.15, 0.2) is 0 Å². The Bertz CT molecular complexity index is 650. The van der Waals surface area contributed by atoms with Crippen LogP contribution in [-0.2, 0) is 0 Å². The summed E-state index contributed by atoms with van der Waals surface area (Å²) in [5, 5.41) is 3.64. The maximum atomic E-state index is 3.64. The fourth-order valence-electron chi connectivity index (χ4n) is 2.57. The van der Waals surface area contributed by atoms with Crippen LogP contribution in [0.15, 0.2) is 73.7 Å². The molecular formula is C17H15Br2N. The molecule has 2 aliphatic carbocycles. The molecule has 0 unspecified atom stereocenters. The number of rotatable bonds is 0. The van der Waals surface area contributed by atoms with E-state index in [0.717, 1.165) is 30.2 Å². The minimum atomic E-state index is 0.947. The van der Waals surface area contributed by atoms with Gasteiger partial charge in [-0.05, 0) is 52.1 Å². The molecule has 0 spiro atoms. The highest BCUT2D eigenvalue weighted by Crippen LogP contribution is 2.32. The highest BCUT2D eigenvalue weighted by atomic mass is 79.9. The van der Waals surface area contributed by atoms with Gasteiger partial charge in [-0.3, -0.25) is 0 Å². The zero-order chi connectivity index (χ0) is 13.9. The largest absolute Gasteiger partial charge is 0.362 e. The molecule has 0 atom stereocenters. The summed E-state index contributed by atoms with van der Waals surface area (Å²) in [5.41, 5.74) is 8.77. The highest BCUT2D eigenvalue weighted by molar-refractivity contribution is 9.12. The molecule has 0 fully saturated rings. The molecule has 1 heterocycles. The van der Waals surface area contributed by atoms with Gasteiger partial charge in [0.05, 0.1) is 4.48 Å². The first-order chi connectivity index (χ1) is 9.72. The molecule has 0 aromatic rings. The molecule has 1 nitrogen and oxygen atoms in total. The van der Waals surface area contributed by atoms with E-state index in [2.05, 4.69) is 79.4 Å². The molecule has 0 radical (unpaired) electrons. The van der Waals surface area contributed by atoms with E-state index in [1.165, 1.54) is 27.0 Å².